The molecule has 0 aliphatic carbocycles. The van der Waals surface area contributed by atoms with Crippen LogP contribution in [-0.4, -0.2) is 28.3 Å². The first-order chi connectivity index (χ1) is 7.94. The molecule has 1 amide bonds. The Morgan fingerprint density at radius 2 is 1.94 bits per heavy atom. The van der Waals surface area contributed by atoms with Crippen LogP contribution in [0.2, 0.25) is 0 Å². The van der Waals surface area contributed by atoms with Gasteiger partial charge >= 0.3 is 0 Å². The number of aliphatic hydroxyl groups excluding tert-OH is 2. The Bertz CT molecular complexity index is 362. The van der Waals surface area contributed by atoms with Crippen LogP contribution >= 0.6 is 0 Å². The molecule has 1 unspecified atom stereocenters. The first-order valence-corrected chi connectivity index (χ1v) is 5.59. The Morgan fingerprint density at radius 1 is 1.35 bits per heavy atom. The van der Waals surface area contributed by atoms with Crippen molar-refractivity contribution in [3.63, 3.8) is 0 Å². The van der Waals surface area contributed by atoms with Crippen LogP contribution in [-0.2, 0) is 4.79 Å². The second-order valence-corrected chi connectivity index (χ2v) is 4.72. The Hall–Kier alpha value is -1.39. The maximum absolute atomic E-state index is 11.6. The van der Waals surface area contributed by atoms with Gasteiger partial charge in [-0.1, -0.05) is 30.3 Å². The van der Waals surface area contributed by atoms with E-state index in [9.17, 15) is 9.90 Å². The highest BCUT2D eigenvalue weighted by Crippen LogP contribution is 2.16. The SMILES string of the molecule is CC(C)(CO)NC(=O)CC(O)c1ccccc1. The largest absolute Gasteiger partial charge is 0.394 e. The average molecular weight is 237 g/mol. The minimum atomic E-state index is -0.814. The van der Waals surface area contributed by atoms with Crippen LogP contribution < -0.4 is 5.32 Å². The third-order valence-electron chi connectivity index (χ3n) is 2.44. The minimum Gasteiger partial charge on any atom is -0.394 e. The van der Waals surface area contributed by atoms with Crippen molar-refractivity contribution >= 4 is 5.91 Å². The number of aliphatic hydroxyl groups is 2. The highest BCUT2D eigenvalue weighted by Gasteiger charge is 2.21. The summed E-state index contributed by atoms with van der Waals surface area (Å²) in [7, 11) is 0. The molecular formula is C13H19NO3. The van der Waals surface area contributed by atoms with Gasteiger partial charge in [-0.3, -0.25) is 4.79 Å². The third-order valence-corrected chi connectivity index (χ3v) is 2.44. The molecule has 0 aromatic heterocycles. The molecule has 0 bridgehead atoms. The van der Waals surface area contributed by atoms with Crippen LogP contribution in [0.25, 0.3) is 0 Å². The molecule has 1 aromatic rings. The maximum atomic E-state index is 11.6. The highest BCUT2D eigenvalue weighted by molar-refractivity contribution is 5.77. The molecule has 0 aliphatic heterocycles. The summed E-state index contributed by atoms with van der Waals surface area (Å²) in [6.07, 6.45) is -0.821. The molecule has 1 atom stereocenters. The van der Waals surface area contributed by atoms with Crippen molar-refractivity contribution in [3.05, 3.63) is 35.9 Å². The number of hydrogen-bond donors (Lipinski definition) is 3. The first-order valence-electron chi connectivity index (χ1n) is 5.59. The smallest absolute Gasteiger partial charge is 0.223 e. The molecule has 3 N–H and O–H groups in total. The molecular weight excluding hydrogens is 218 g/mol. The molecule has 0 saturated heterocycles. The second kappa shape index (κ2) is 5.80. The number of carbonyl (C=O) groups is 1. The molecule has 1 rings (SSSR count). The van der Waals surface area contributed by atoms with Crippen LogP contribution in [0.1, 0.15) is 31.9 Å². The zero-order chi connectivity index (χ0) is 12.9. The Labute approximate surface area is 101 Å². The van der Waals surface area contributed by atoms with E-state index in [1.165, 1.54) is 0 Å². The van der Waals surface area contributed by atoms with Crippen molar-refractivity contribution in [2.45, 2.75) is 31.9 Å². The van der Waals surface area contributed by atoms with E-state index in [1.807, 2.05) is 18.2 Å². The van der Waals surface area contributed by atoms with E-state index in [-0.39, 0.29) is 18.9 Å². The third kappa shape index (κ3) is 4.54. The molecule has 0 aliphatic rings. The Kier molecular flexibility index (Phi) is 4.66. The van der Waals surface area contributed by atoms with Gasteiger partial charge in [0.1, 0.15) is 0 Å². The van der Waals surface area contributed by atoms with Gasteiger partial charge in [-0.2, -0.15) is 0 Å². The standard InChI is InChI=1S/C13H19NO3/c1-13(2,9-15)14-12(17)8-11(16)10-6-4-3-5-7-10/h3-7,11,15-16H,8-9H2,1-2H3,(H,14,17). The van der Waals surface area contributed by atoms with E-state index in [4.69, 9.17) is 5.11 Å². The number of nitrogens with one attached hydrogen (secondary N) is 1. The van der Waals surface area contributed by atoms with Crippen LogP contribution in [0.4, 0.5) is 0 Å². The van der Waals surface area contributed by atoms with Crippen LogP contribution in [0.15, 0.2) is 30.3 Å². The zero-order valence-electron chi connectivity index (χ0n) is 10.2. The van der Waals surface area contributed by atoms with Crippen LogP contribution in [0, 0.1) is 0 Å². The number of amides is 1. The van der Waals surface area contributed by atoms with E-state index in [1.54, 1.807) is 26.0 Å². The van der Waals surface area contributed by atoms with Gasteiger partial charge < -0.3 is 15.5 Å². The van der Waals surface area contributed by atoms with Crippen LogP contribution in [0.5, 0.6) is 0 Å². The fraction of sp³-hybridized carbons (Fsp3) is 0.462. The molecule has 0 heterocycles. The minimum absolute atomic E-state index is 0.00650. The number of hydrogen-bond acceptors (Lipinski definition) is 3. The molecule has 0 fully saturated rings. The summed E-state index contributed by atoms with van der Waals surface area (Å²) in [4.78, 5) is 11.6. The van der Waals surface area contributed by atoms with Gasteiger partial charge in [-0.15, -0.1) is 0 Å². The lowest BCUT2D eigenvalue weighted by atomic mass is 10.0. The lowest BCUT2D eigenvalue weighted by Gasteiger charge is -2.24. The molecule has 17 heavy (non-hydrogen) atoms. The summed E-state index contributed by atoms with van der Waals surface area (Å²) in [5.41, 5.74) is 0.0532. The fourth-order valence-electron chi connectivity index (χ4n) is 1.44. The number of rotatable bonds is 5. The van der Waals surface area contributed by atoms with Crippen molar-refractivity contribution in [1.82, 2.24) is 5.32 Å². The van der Waals surface area contributed by atoms with Gasteiger partial charge in [0.25, 0.3) is 0 Å². The van der Waals surface area contributed by atoms with E-state index in [0.717, 1.165) is 0 Å². The Morgan fingerprint density at radius 3 is 2.47 bits per heavy atom. The fourth-order valence-corrected chi connectivity index (χ4v) is 1.44. The predicted octanol–water partition coefficient (Wildman–Crippen LogP) is 0.997. The van der Waals surface area contributed by atoms with Gasteiger partial charge in [-0.05, 0) is 19.4 Å². The summed E-state index contributed by atoms with van der Waals surface area (Å²) < 4.78 is 0. The van der Waals surface area contributed by atoms with E-state index in [2.05, 4.69) is 5.32 Å². The molecule has 1 aromatic carbocycles. The van der Waals surface area contributed by atoms with Crippen molar-refractivity contribution in [3.8, 4) is 0 Å². The van der Waals surface area contributed by atoms with E-state index >= 15 is 0 Å². The average Bonchev–Trinajstić information content (AvgIpc) is 2.29. The van der Waals surface area contributed by atoms with Gasteiger partial charge in [0, 0.05) is 0 Å². The summed E-state index contributed by atoms with van der Waals surface area (Å²) in [5.74, 6) is -0.277. The van der Waals surface area contributed by atoms with Gasteiger partial charge in [0.15, 0.2) is 0 Å². The molecule has 0 spiro atoms. The van der Waals surface area contributed by atoms with Crippen molar-refractivity contribution in [2.24, 2.45) is 0 Å². The van der Waals surface area contributed by atoms with Crippen molar-refractivity contribution in [1.29, 1.82) is 0 Å². The topological polar surface area (TPSA) is 69.6 Å². The monoisotopic (exact) mass is 237 g/mol. The number of benzene rings is 1. The summed E-state index contributed by atoms with van der Waals surface area (Å²) in [6, 6.07) is 9.03. The van der Waals surface area contributed by atoms with Crippen LogP contribution in [0.3, 0.4) is 0 Å². The highest BCUT2D eigenvalue weighted by atomic mass is 16.3. The maximum Gasteiger partial charge on any atom is 0.223 e. The van der Waals surface area contributed by atoms with Crippen molar-refractivity contribution in [2.75, 3.05) is 6.61 Å². The molecule has 0 radical (unpaired) electrons. The van der Waals surface area contributed by atoms with E-state index in [0.29, 0.717) is 5.56 Å². The quantitative estimate of drug-likeness (QED) is 0.715. The lowest BCUT2D eigenvalue weighted by molar-refractivity contribution is -0.125. The summed E-state index contributed by atoms with van der Waals surface area (Å²) >= 11 is 0. The van der Waals surface area contributed by atoms with E-state index < -0.39 is 11.6 Å². The predicted molar refractivity (Wildman–Crippen MR) is 65.3 cm³/mol. The summed E-state index contributed by atoms with van der Waals surface area (Å²) in [5, 5.41) is 21.5. The number of carbonyl (C=O) groups excluding carboxylic acids is 1. The van der Waals surface area contributed by atoms with Gasteiger partial charge in [0.2, 0.25) is 5.91 Å². The van der Waals surface area contributed by atoms with Crippen molar-refractivity contribution < 1.29 is 15.0 Å². The second-order valence-electron chi connectivity index (χ2n) is 4.72. The lowest BCUT2D eigenvalue weighted by Crippen LogP contribution is -2.46. The molecule has 4 nitrogen and oxygen atoms in total. The van der Waals surface area contributed by atoms with Gasteiger partial charge in [0.05, 0.1) is 24.7 Å². The normalized spacial score (nSPS) is 13.2. The molecule has 94 valence electrons. The molecule has 4 heteroatoms. The summed E-state index contributed by atoms with van der Waals surface area (Å²) in [6.45, 7) is 3.31. The first kappa shape index (κ1) is 13.7. The Balaban J connectivity index is 2.52. The molecule has 0 saturated carbocycles. The zero-order valence-corrected chi connectivity index (χ0v) is 10.2. The van der Waals surface area contributed by atoms with Gasteiger partial charge in [-0.25, -0.2) is 0 Å².